The number of aromatic nitrogens is 5. The van der Waals surface area contributed by atoms with Crippen molar-refractivity contribution in [3.05, 3.63) is 115 Å². The molecular weight excluding hydrogens is 390 g/mol. The lowest BCUT2D eigenvalue weighted by molar-refractivity contribution is 0.823. The molecule has 7 heteroatoms. The van der Waals surface area contributed by atoms with Gasteiger partial charge in [-0.05, 0) is 31.0 Å². The summed E-state index contributed by atoms with van der Waals surface area (Å²) in [6, 6.07) is 18.3. The second-order valence-corrected chi connectivity index (χ2v) is 7.88. The smallest absolute Gasteiger partial charge is 0.268 e. The van der Waals surface area contributed by atoms with Crippen LogP contribution >= 0.6 is 0 Å². The van der Waals surface area contributed by atoms with E-state index in [2.05, 4.69) is 49.4 Å². The van der Waals surface area contributed by atoms with Crippen molar-refractivity contribution in [3.8, 4) is 0 Å². The van der Waals surface area contributed by atoms with E-state index in [0.29, 0.717) is 17.7 Å². The molecule has 0 aliphatic carbocycles. The molecule has 156 valence electrons. The van der Waals surface area contributed by atoms with E-state index in [0.717, 1.165) is 27.9 Å². The number of rotatable bonds is 5. The molecule has 0 amide bonds. The highest BCUT2D eigenvalue weighted by Gasteiger charge is 2.30. The SMILES string of the molecule is Cc1[nH][nH]c(=O)c1C(c1c(C)[nH][nH]c1=O)c1cn(Cc2ccccc2)c2ccccc12. The van der Waals surface area contributed by atoms with Gasteiger partial charge in [-0.3, -0.25) is 19.8 Å². The highest BCUT2D eigenvalue weighted by Crippen LogP contribution is 2.36. The maximum atomic E-state index is 12.8. The van der Waals surface area contributed by atoms with E-state index in [1.54, 1.807) is 0 Å². The van der Waals surface area contributed by atoms with Gasteiger partial charge in [0.1, 0.15) is 0 Å². The zero-order valence-electron chi connectivity index (χ0n) is 17.3. The Morgan fingerprint density at radius 2 is 1.35 bits per heavy atom. The van der Waals surface area contributed by atoms with Crippen molar-refractivity contribution in [2.45, 2.75) is 26.3 Å². The minimum Gasteiger partial charge on any atom is -0.343 e. The van der Waals surface area contributed by atoms with Gasteiger partial charge in [0.15, 0.2) is 0 Å². The third-order valence-corrected chi connectivity index (χ3v) is 5.93. The van der Waals surface area contributed by atoms with Crippen LogP contribution in [0.15, 0.2) is 70.4 Å². The van der Waals surface area contributed by atoms with Crippen molar-refractivity contribution in [3.63, 3.8) is 0 Å². The lowest BCUT2D eigenvalue weighted by Gasteiger charge is -2.15. The summed E-state index contributed by atoms with van der Waals surface area (Å²) in [4.78, 5) is 25.6. The number of nitrogens with zero attached hydrogens (tertiary/aromatic N) is 1. The van der Waals surface area contributed by atoms with Gasteiger partial charge in [-0.15, -0.1) is 0 Å². The van der Waals surface area contributed by atoms with Gasteiger partial charge in [-0.25, -0.2) is 0 Å². The first-order valence-electron chi connectivity index (χ1n) is 10.2. The molecule has 0 bridgehead atoms. The van der Waals surface area contributed by atoms with Gasteiger partial charge in [-0.2, -0.15) is 0 Å². The van der Waals surface area contributed by atoms with Gasteiger partial charge in [0, 0.05) is 35.0 Å². The largest absolute Gasteiger partial charge is 0.343 e. The van der Waals surface area contributed by atoms with Crippen LogP contribution in [0.25, 0.3) is 10.9 Å². The fraction of sp³-hybridized carbons (Fsp3) is 0.167. The Morgan fingerprint density at radius 1 is 0.774 bits per heavy atom. The topological polar surface area (TPSA) is 102 Å². The van der Waals surface area contributed by atoms with Crippen molar-refractivity contribution in [1.29, 1.82) is 0 Å². The molecule has 4 N–H and O–H groups in total. The predicted octanol–water partition coefficient (Wildman–Crippen LogP) is 3.52. The Hall–Kier alpha value is -4.00. The molecule has 0 aliphatic rings. The molecule has 0 unspecified atom stereocenters. The molecule has 5 rings (SSSR count). The Kier molecular flexibility index (Phi) is 4.51. The number of nitrogens with one attached hydrogen (secondary N) is 4. The van der Waals surface area contributed by atoms with Crippen LogP contribution in [0.1, 0.15) is 39.6 Å². The van der Waals surface area contributed by atoms with Crippen LogP contribution in [0.2, 0.25) is 0 Å². The van der Waals surface area contributed by atoms with Crippen molar-refractivity contribution in [2.75, 3.05) is 0 Å². The number of aromatic amines is 4. The fourth-order valence-corrected chi connectivity index (χ4v) is 4.48. The van der Waals surface area contributed by atoms with Gasteiger partial charge in [-0.1, -0.05) is 48.5 Å². The molecule has 3 aromatic heterocycles. The Labute approximate surface area is 177 Å². The summed E-state index contributed by atoms with van der Waals surface area (Å²) in [7, 11) is 0. The van der Waals surface area contributed by atoms with Crippen LogP contribution in [0.4, 0.5) is 0 Å². The molecular formula is C24H23N5O2. The van der Waals surface area contributed by atoms with E-state index >= 15 is 0 Å². The van der Waals surface area contributed by atoms with Crippen LogP contribution in [0, 0.1) is 13.8 Å². The second-order valence-electron chi connectivity index (χ2n) is 7.88. The monoisotopic (exact) mass is 413 g/mol. The molecule has 0 atom stereocenters. The number of aryl methyl sites for hydroxylation is 2. The third-order valence-electron chi connectivity index (χ3n) is 5.93. The second kappa shape index (κ2) is 7.36. The number of hydrogen-bond donors (Lipinski definition) is 4. The minimum atomic E-state index is -0.507. The molecule has 0 aliphatic heterocycles. The normalized spacial score (nSPS) is 11.6. The average molecular weight is 413 g/mol. The molecule has 0 fully saturated rings. The molecule has 0 saturated heterocycles. The van der Waals surface area contributed by atoms with Crippen LogP contribution in [-0.2, 0) is 6.54 Å². The van der Waals surface area contributed by atoms with Crippen LogP contribution in [0.3, 0.4) is 0 Å². The van der Waals surface area contributed by atoms with Crippen LogP contribution < -0.4 is 11.1 Å². The first-order valence-corrected chi connectivity index (χ1v) is 10.2. The maximum Gasteiger partial charge on any atom is 0.268 e. The molecule has 31 heavy (non-hydrogen) atoms. The van der Waals surface area contributed by atoms with E-state index in [-0.39, 0.29) is 11.1 Å². The zero-order valence-corrected chi connectivity index (χ0v) is 17.3. The van der Waals surface area contributed by atoms with Crippen molar-refractivity contribution < 1.29 is 0 Å². The van der Waals surface area contributed by atoms with E-state index < -0.39 is 5.92 Å². The number of hydrogen-bond acceptors (Lipinski definition) is 2. The highest BCUT2D eigenvalue weighted by atomic mass is 16.1. The number of para-hydroxylation sites is 1. The number of benzene rings is 2. The quantitative estimate of drug-likeness (QED) is 0.354. The van der Waals surface area contributed by atoms with Crippen LogP contribution in [0.5, 0.6) is 0 Å². The third kappa shape index (κ3) is 3.15. The zero-order chi connectivity index (χ0) is 21.5. The lowest BCUT2D eigenvalue weighted by Crippen LogP contribution is -2.20. The van der Waals surface area contributed by atoms with E-state index in [4.69, 9.17) is 0 Å². The minimum absolute atomic E-state index is 0.220. The van der Waals surface area contributed by atoms with Crippen molar-refractivity contribution in [1.82, 2.24) is 25.0 Å². The number of fused-ring (bicyclic) bond motifs is 1. The summed E-state index contributed by atoms with van der Waals surface area (Å²) >= 11 is 0. The molecule has 2 aromatic carbocycles. The Bertz CT molecular complexity index is 1430. The first kappa shape index (κ1) is 19.0. The Balaban J connectivity index is 1.79. The first-order chi connectivity index (χ1) is 15.0. The molecule has 7 nitrogen and oxygen atoms in total. The summed E-state index contributed by atoms with van der Waals surface area (Å²) in [5.41, 5.74) is 5.26. The van der Waals surface area contributed by atoms with Gasteiger partial charge in [0.05, 0.1) is 17.0 Å². The van der Waals surface area contributed by atoms with Gasteiger partial charge < -0.3 is 14.8 Å². The van der Waals surface area contributed by atoms with E-state index in [9.17, 15) is 9.59 Å². The molecule has 0 saturated carbocycles. The van der Waals surface area contributed by atoms with Crippen molar-refractivity contribution in [2.24, 2.45) is 0 Å². The summed E-state index contributed by atoms with van der Waals surface area (Å²) in [5.74, 6) is -0.507. The van der Waals surface area contributed by atoms with Crippen LogP contribution in [-0.4, -0.2) is 25.0 Å². The molecule has 0 radical (unpaired) electrons. The Morgan fingerprint density at radius 3 is 1.94 bits per heavy atom. The highest BCUT2D eigenvalue weighted by molar-refractivity contribution is 5.86. The molecule has 3 heterocycles. The van der Waals surface area contributed by atoms with Crippen molar-refractivity contribution >= 4 is 10.9 Å². The lowest BCUT2D eigenvalue weighted by atomic mass is 9.85. The number of H-pyrrole nitrogens is 4. The summed E-state index contributed by atoms with van der Waals surface area (Å²) in [5, 5.41) is 12.2. The fourth-order valence-electron chi connectivity index (χ4n) is 4.48. The summed E-state index contributed by atoms with van der Waals surface area (Å²) < 4.78 is 2.18. The van der Waals surface area contributed by atoms with Gasteiger partial charge in [0.2, 0.25) is 0 Å². The molecule has 5 aromatic rings. The van der Waals surface area contributed by atoms with Gasteiger partial charge >= 0.3 is 0 Å². The van der Waals surface area contributed by atoms with E-state index in [1.165, 1.54) is 5.56 Å². The summed E-state index contributed by atoms with van der Waals surface area (Å²) in [6.07, 6.45) is 2.07. The maximum absolute atomic E-state index is 12.8. The average Bonchev–Trinajstić information content (AvgIpc) is 3.42. The summed E-state index contributed by atoms with van der Waals surface area (Å²) in [6.45, 7) is 4.39. The predicted molar refractivity (Wildman–Crippen MR) is 121 cm³/mol. The molecule has 0 spiro atoms. The standard InChI is InChI=1S/C24H23N5O2/c1-14-20(23(30)27-25-14)22(21-15(2)26-28-24(21)31)18-13-29(12-16-8-4-3-5-9-16)19-11-7-6-10-17(18)19/h3-11,13,22H,12H2,1-2H3,(H2,25,27,30)(H2,26,28,31). The van der Waals surface area contributed by atoms with Gasteiger partial charge in [0.25, 0.3) is 11.1 Å². The van der Waals surface area contributed by atoms with E-state index in [1.807, 2.05) is 50.2 Å².